The summed E-state index contributed by atoms with van der Waals surface area (Å²) in [5.74, 6) is 0.863. The molecule has 3 heterocycles. The van der Waals surface area contributed by atoms with Crippen molar-refractivity contribution in [3.8, 4) is 0 Å². The third-order valence-corrected chi connectivity index (χ3v) is 5.87. The van der Waals surface area contributed by atoms with Crippen LogP contribution in [0.3, 0.4) is 0 Å². The van der Waals surface area contributed by atoms with Crippen molar-refractivity contribution in [2.24, 2.45) is 10.9 Å². The molecule has 7 nitrogen and oxygen atoms in total. The van der Waals surface area contributed by atoms with Gasteiger partial charge in [0.2, 0.25) is 0 Å². The van der Waals surface area contributed by atoms with Crippen molar-refractivity contribution in [1.29, 1.82) is 5.41 Å². The molecule has 2 unspecified atom stereocenters. The number of ether oxygens (including phenoxy) is 1. The first-order valence-electron chi connectivity index (χ1n) is 10.4. The van der Waals surface area contributed by atoms with Crippen molar-refractivity contribution in [3.63, 3.8) is 0 Å². The zero-order valence-electron chi connectivity index (χ0n) is 17.4. The standard InChI is InChI=1S/C23H25FN6O/c1-13-3-7-16(18(24)9-13)21-17(10-27-29-21)15-6-8-20-26-11-19(30(20)12-15)22(25)28-23(31-2)14-4-5-14/h3,6-12,14,20-21,25-27,29H,4-5H2,1-2H3. The molecule has 0 radical (unpaired) electrons. The zero-order chi connectivity index (χ0) is 21.5. The van der Waals surface area contributed by atoms with E-state index in [1.165, 1.54) is 0 Å². The number of aryl methyl sites for hydroxylation is 1. The minimum absolute atomic E-state index is 0.0845. The fourth-order valence-corrected chi connectivity index (χ4v) is 4.04. The van der Waals surface area contributed by atoms with E-state index in [1.807, 2.05) is 48.5 Å². The van der Waals surface area contributed by atoms with Gasteiger partial charge in [0.05, 0.1) is 13.2 Å². The van der Waals surface area contributed by atoms with Gasteiger partial charge < -0.3 is 20.4 Å². The summed E-state index contributed by atoms with van der Waals surface area (Å²) >= 11 is 0. The molecule has 5 rings (SSSR count). The molecule has 4 aliphatic rings. The lowest BCUT2D eigenvalue weighted by Gasteiger charge is -2.28. The molecule has 31 heavy (non-hydrogen) atoms. The highest BCUT2D eigenvalue weighted by atomic mass is 19.1. The Morgan fingerprint density at radius 2 is 2.13 bits per heavy atom. The van der Waals surface area contributed by atoms with Crippen LogP contribution < -0.4 is 16.2 Å². The number of allylic oxidation sites excluding steroid dienone is 1. The van der Waals surface area contributed by atoms with E-state index < -0.39 is 0 Å². The molecule has 1 aromatic carbocycles. The maximum absolute atomic E-state index is 14.6. The van der Waals surface area contributed by atoms with Gasteiger partial charge in [0.1, 0.15) is 17.7 Å². The second-order valence-corrected chi connectivity index (χ2v) is 8.12. The molecule has 3 aliphatic heterocycles. The molecular weight excluding hydrogens is 395 g/mol. The largest absolute Gasteiger partial charge is 0.484 e. The summed E-state index contributed by atoms with van der Waals surface area (Å²) in [6.07, 6.45) is 11.7. The Hall–Kier alpha value is -3.39. The van der Waals surface area contributed by atoms with Crippen LogP contribution in [0.25, 0.3) is 0 Å². The SMILES string of the molecule is COC(=NC(=N)C1=CNC2C=CC(C3=CNNC3c3ccc(C)cc3F)=CN12)C1CC1. The number of amidine groups is 1. The zero-order valence-corrected chi connectivity index (χ0v) is 17.4. The van der Waals surface area contributed by atoms with Gasteiger partial charge in [-0.25, -0.2) is 9.82 Å². The molecule has 1 aliphatic carbocycles. The average molecular weight is 420 g/mol. The Bertz CT molecular complexity index is 1080. The molecule has 0 amide bonds. The van der Waals surface area contributed by atoms with Crippen molar-refractivity contribution < 1.29 is 9.13 Å². The third-order valence-electron chi connectivity index (χ3n) is 5.87. The number of hydrogen-bond acceptors (Lipinski definition) is 6. The lowest BCUT2D eigenvalue weighted by Crippen LogP contribution is -2.35. The number of methoxy groups -OCH3 is 1. The van der Waals surface area contributed by atoms with Crippen LogP contribution in [0.2, 0.25) is 0 Å². The van der Waals surface area contributed by atoms with Crippen LogP contribution in [-0.2, 0) is 4.74 Å². The van der Waals surface area contributed by atoms with Crippen LogP contribution in [0.15, 0.2) is 70.8 Å². The highest BCUT2D eigenvalue weighted by Crippen LogP contribution is 2.35. The van der Waals surface area contributed by atoms with Gasteiger partial charge in [-0.1, -0.05) is 18.2 Å². The number of benzene rings is 1. The molecule has 0 bridgehead atoms. The van der Waals surface area contributed by atoms with E-state index >= 15 is 0 Å². The average Bonchev–Trinajstić information content (AvgIpc) is 3.33. The molecule has 8 heteroatoms. The summed E-state index contributed by atoms with van der Waals surface area (Å²) in [6, 6.07) is 4.96. The summed E-state index contributed by atoms with van der Waals surface area (Å²) in [5, 5.41) is 11.8. The fourth-order valence-electron chi connectivity index (χ4n) is 4.04. The van der Waals surface area contributed by atoms with Crippen molar-refractivity contribution in [1.82, 2.24) is 21.1 Å². The quantitative estimate of drug-likeness (QED) is 0.444. The third kappa shape index (κ3) is 3.63. The summed E-state index contributed by atoms with van der Waals surface area (Å²) in [7, 11) is 1.60. The monoisotopic (exact) mass is 420 g/mol. The first kappa shape index (κ1) is 19.6. The lowest BCUT2D eigenvalue weighted by atomic mass is 9.93. The molecule has 1 aromatic rings. The molecular formula is C23H25FN6O. The van der Waals surface area contributed by atoms with Gasteiger partial charge in [-0.05, 0) is 43.0 Å². The maximum Gasteiger partial charge on any atom is 0.192 e. The summed E-state index contributed by atoms with van der Waals surface area (Å²) in [4.78, 5) is 6.40. The number of fused-ring (bicyclic) bond motifs is 1. The lowest BCUT2D eigenvalue weighted by molar-refractivity contribution is 0.386. The number of hydrazine groups is 1. The molecule has 1 saturated carbocycles. The number of halogens is 1. The first-order chi connectivity index (χ1) is 15.0. The van der Waals surface area contributed by atoms with E-state index in [4.69, 9.17) is 10.1 Å². The molecule has 1 fully saturated rings. The molecule has 4 N–H and O–H groups in total. The minimum atomic E-state index is -0.316. The fraction of sp³-hybridized carbons (Fsp3) is 0.304. The highest BCUT2D eigenvalue weighted by molar-refractivity contribution is 6.04. The van der Waals surface area contributed by atoms with Gasteiger partial charge in [0, 0.05) is 35.7 Å². The van der Waals surface area contributed by atoms with Gasteiger partial charge >= 0.3 is 0 Å². The molecule has 2 atom stereocenters. The van der Waals surface area contributed by atoms with Crippen LogP contribution in [0.4, 0.5) is 4.39 Å². The van der Waals surface area contributed by atoms with E-state index in [0.29, 0.717) is 23.1 Å². The molecule has 0 saturated heterocycles. The van der Waals surface area contributed by atoms with Gasteiger partial charge in [-0.2, -0.15) is 4.99 Å². The van der Waals surface area contributed by atoms with E-state index in [2.05, 4.69) is 21.2 Å². The van der Waals surface area contributed by atoms with Crippen LogP contribution >= 0.6 is 0 Å². The van der Waals surface area contributed by atoms with Crippen LogP contribution in [0.1, 0.15) is 30.0 Å². The van der Waals surface area contributed by atoms with Crippen LogP contribution in [-0.4, -0.2) is 29.9 Å². The first-order valence-corrected chi connectivity index (χ1v) is 10.4. The van der Waals surface area contributed by atoms with E-state index in [1.54, 1.807) is 19.4 Å². The summed E-state index contributed by atoms with van der Waals surface area (Å²) in [5.41, 5.74) is 10.2. The van der Waals surface area contributed by atoms with Crippen molar-refractivity contribution in [3.05, 3.63) is 82.7 Å². The van der Waals surface area contributed by atoms with Crippen LogP contribution in [0.5, 0.6) is 0 Å². The molecule has 160 valence electrons. The Labute approximate surface area is 180 Å². The Morgan fingerprint density at radius 3 is 2.87 bits per heavy atom. The van der Waals surface area contributed by atoms with Crippen LogP contribution in [0, 0.1) is 24.1 Å². The van der Waals surface area contributed by atoms with Crippen molar-refractivity contribution >= 4 is 11.7 Å². The number of aliphatic imine (C=N–C) groups is 1. The predicted molar refractivity (Wildman–Crippen MR) is 117 cm³/mol. The normalized spacial score (nSPS) is 24.7. The predicted octanol–water partition coefficient (Wildman–Crippen LogP) is 3.13. The number of nitrogens with zero attached hydrogens (tertiary/aromatic N) is 2. The second-order valence-electron chi connectivity index (χ2n) is 8.12. The van der Waals surface area contributed by atoms with Gasteiger partial charge in [-0.15, -0.1) is 0 Å². The van der Waals surface area contributed by atoms with Gasteiger partial charge in [-0.3, -0.25) is 5.41 Å². The van der Waals surface area contributed by atoms with Gasteiger partial charge in [0.25, 0.3) is 0 Å². The second kappa shape index (κ2) is 7.70. The number of nitrogens with one attached hydrogen (secondary N) is 4. The minimum Gasteiger partial charge on any atom is -0.484 e. The number of rotatable bonds is 4. The van der Waals surface area contributed by atoms with E-state index in [9.17, 15) is 4.39 Å². The summed E-state index contributed by atoms with van der Waals surface area (Å²) < 4.78 is 20.0. The number of hydrogen-bond donors (Lipinski definition) is 4. The van der Waals surface area contributed by atoms with E-state index in [-0.39, 0.29) is 23.9 Å². The Kier molecular flexibility index (Phi) is 4.86. The van der Waals surface area contributed by atoms with Gasteiger partial charge in [0.15, 0.2) is 11.7 Å². The maximum atomic E-state index is 14.6. The Morgan fingerprint density at radius 1 is 1.29 bits per heavy atom. The highest BCUT2D eigenvalue weighted by Gasteiger charge is 2.33. The van der Waals surface area contributed by atoms with Crippen molar-refractivity contribution in [2.75, 3.05) is 7.11 Å². The smallest absolute Gasteiger partial charge is 0.192 e. The summed E-state index contributed by atoms with van der Waals surface area (Å²) in [6.45, 7) is 1.88. The van der Waals surface area contributed by atoms with Crippen molar-refractivity contribution in [2.45, 2.75) is 32.0 Å². The Balaban J connectivity index is 1.41. The van der Waals surface area contributed by atoms with E-state index in [0.717, 1.165) is 29.6 Å². The topological polar surface area (TPSA) is 84.8 Å². The molecule has 0 spiro atoms. The molecule has 0 aromatic heterocycles.